The van der Waals surface area contributed by atoms with Crippen molar-refractivity contribution in [3.05, 3.63) is 69.7 Å². The summed E-state index contributed by atoms with van der Waals surface area (Å²) in [7, 11) is 1.49. The molecule has 0 saturated carbocycles. The number of rotatable bonds is 8. The highest BCUT2D eigenvalue weighted by atomic mass is 32.1. The molecule has 0 aliphatic heterocycles. The van der Waals surface area contributed by atoms with E-state index in [1.807, 2.05) is 38.1 Å². The summed E-state index contributed by atoms with van der Waals surface area (Å²) in [5.41, 5.74) is 6.38. The second-order valence-corrected chi connectivity index (χ2v) is 7.38. The maximum absolute atomic E-state index is 12.3. The molecule has 0 fully saturated rings. The van der Waals surface area contributed by atoms with Crippen LogP contribution in [0, 0.1) is 6.92 Å². The van der Waals surface area contributed by atoms with Gasteiger partial charge in [-0.05, 0) is 44.2 Å². The Hall–Kier alpha value is -3.59. The molecule has 0 aliphatic rings. The number of carbonyl (C=O) groups excluding carboxylic acids is 2. The molecule has 9 heteroatoms. The number of amides is 2. The van der Waals surface area contributed by atoms with Crippen molar-refractivity contribution in [3.63, 3.8) is 0 Å². The molecule has 0 atom stereocenters. The lowest BCUT2D eigenvalue weighted by Crippen LogP contribution is -2.41. The average Bonchev–Trinajstić information content (AvgIpc) is 3.26. The topological polar surface area (TPSA) is 98.8 Å². The van der Waals surface area contributed by atoms with Gasteiger partial charge in [-0.1, -0.05) is 17.7 Å². The maximum Gasteiger partial charge on any atom is 0.289 e. The molecule has 0 unspecified atom stereocenters. The lowest BCUT2D eigenvalue weighted by Gasteiger charge is -2.11. The molecule has 8 nitrogen and oxygen atoms in total. The molecule has 2 N–H and O–H groups in total. The van der Waals surface area contributed by atoms with Crippen LogP contribution in [0.2, 0.25) is 0 Å². The number of nitrogens with one attached hydrogen (secondary N) is 2. The number of carbonyl (C=O) groups is 2. The first-order valence-electron chi connectivity index (χ1n) is 9.55. The number of aryl methyl sites for hydroxylation is 1. The predicted octanol–water partition coefficient (Wildman–Crippen LogP) is 3.51. The summed E-state index contributed by atoms with van der Waals surface area (Å²) in [4.78, 5) is 28.9. The van der Waals surface area contributed by atoms with Gasteiger partial charge in [0.2, 0.25) is 0 Å². The zero-order chi connectivity index (χ0) is 22.2. The number of hydrogen-bond donors (Lipinski definition) is 2. The third kappa shape index (κ3) is 5.95. The van der Waals surface area contributed by atoms with Crippen LogP contribution in [0.1, 0.15) is 38.3 Å². The highest BCUT2D eigenvalue weighted by molar-refractivity contribution is 7.09. The summed E-state index contributed by atoms with van der Waals surface area (Å²) < 4.78 is 16.3. The second kappa shape index (κ2) is 10.4. The first kappa shape index (κ1) is 22.1. The quantitative estimate of drug-likeness (QED) is 0.519. The Kier molecular flexibility index (Phi) is 7.45. The molecule has 0 spiro atoms. The van der Waals surface area contributed by atoms with Crippen LogP contribution < -0.4 is 25.1 Å². The predicted molar refractivity (Wildman–Crippen MR) is 117 cm³/mol. The van der Waals surface area contributed by atoms with Gasteiger partial charge < -0.3 is 14.2 Å². The lowest BCUT2D eigenvalue weighted by molar-refractivity contribution is 0.0844. The Balaban J connectivity index is 1.53. The third-order valence-electron chi connectivity index (χ3n) is 4.18. The van der Waals surface area contributed by atoms with Gasteiger partial charge in [0.15, 0.2) is 11.5 Å². The van der Waals surface area contributed by atoms with Gasteiger partial charge in [0.1, 0.15) is 23.1 Å². The van der Waals surface area contributed by atoms with Crippen molar-refractivity contribution in [3.8, 4) is 17.2 Å². The molecule has 2 aromatic carbocycles. The largest absolute Gasteiger partial charge is 0.493 e. The van der Waals surface area contributed by atoms with E-state index in [4.69, 9.17) is 14.2 Å². The molecule has 0 bridgehead atoms. The first-order chi connectivity index (χ1) is 15.0. The number of ether oxygens (including phenoxy) is 3. The molecular formula is C22H23N3O5S. The van der Waals surface area contributed by atoms with Gasteiger partial charge in [-0.25, -0.2) is 4.98 Å². The van der Waals surface area contributed by atoms with Crippen molar-refractivity contribution in [2.24, 2.45) is 0 Å². The Morgan fingerprint density at radius 1 is 1.00 bits per heavy atom. The number of aromatic nitrogens is 1. The zero-order valence-corrected chi connectivity index (χ0v) is 18.2. The van der Waals surface area contributed by atoms with Crippen LogP contribution in [0.3, 0.4) is 0 Å². The highest BCUT2D eigenvalue weighted by Crippen LogP contribution is 2.28. The van der Waals surface area contributed by atoms with Crippen molar-refractivity contribution in [1.29, 1.82) is 0 Å². The van der Waals surface area contributed by atoms with E-state index < -0.39 is 11.8 Å². The van der Waals surface area contributed by atoms with Crippen molar-refractivity contribution < 1.29 is 23.8 Å². The fourth-order valence-electron chi connectivity index (χ4n) is 2.59. The number of hydrazine groups is 1. The minimum absolute atomic E-state index is 0.192. The summed E-state index contributed by atoms with van der Waals surface area (Å²) in [6.07, 6.45) is 0. The average molecular weight is 442 g/mol. The SMILES string of the molecule is CCOc1ccc(C(=O)NNC(=O)c2csc(COc3ccc(C)cc3)n2)cc1OC. The normalized spacial score (nSPS) is 10.3. The van der Waals surface area contributed by atoms with Crippen LogP contribution in [0.15, 0.2) is 47.8 Å². The molecule has 3 rings (SSSR count). The number of thiazole rings is 1. The molecule has 0 aliphatic carbocycles. The fraction of sp³-hybridized carbons (Fsp3) is 0.227. The van der Waals surface area contributed by atoms with Gasteiger partial charge >= 0.3 is 0 Å². The molecule has 0 saturated heterocycles. The second-order valence-electron chi connectivity index (χ2n) is 6.44. The van der Waals surface area contributed by atoms with E-state index >= 15 is 0 Å². The van der Waals surface area contributed by atoms with E-state index in [0.29, 0.717) is 28.7 Å². The molecular weight excluding hydrogens is 418 g/mol. The monoisotopic (exact) mass is 441 g/mol. The number of hydrogen-bond acceptors (Lipinski definition) is 7. The Bertz CT molecular complexity index is 1050. The van der Waals surface area contributed by atoms with E-state index in [-0.39, 0.29) is 12.3 Å². The minimum atomic E-state index is -0.524. The van der Waals surface area contributed by atoms with Gasteiger partial charge in [0.25, 0.3) is 11.8 Å². The minimum Gasteiger partial charge on any atom is -0.493 e. The van der Waals surface area contributed by atoms with Gasteiger partial charge in [-0.15, -0.1) is 11.3 Å². The molecule has 0 radical (unpaired) electrons. The van der Waals surface area contributed by atoms with Gasteiger partial charge in [-0.2, -0.15) is 0 Å². The fourth-order valence-corrected chi connectivity index (χ4v) is 3.28. The van der Waals surface area contributed by atoms with E-state index in [0.717, 1.165) is 11.3 Å². The smallest absolute Gasteiger partial charge is 0.289 e. The molecule has 31 heavy (non-hydrogen) atoms. The van der Waals surface area contributed by atoms with Crippen LogP contribution in [0.25, 0.3) is 0 Å². The summed E-state index contributed by atoms with van der Waals surface area (Å²) in [6, 6.07) is 12.4. The van der Waals surface area contributed by atoms with Crippen molar-refractivity contribution in [2.45, 2.75) is 20.5 Å². The van der Waals surface area contributed by atoms with Crippen molar-refractivity contribution in [1.82, 2.24) is 15.8 Å². The van der Waals surface area contributed by atoms with E-state index in [2.05, 4.69) is 15.8 Å². The molecule has 3 aromatic rings. The van der Waals surface area contributed by atoms with E-state index in [1.165, 1.54) is 24.5 Å². The van der Waals surface area contributed by atoms with Crippen LogP contribution in [-0.2, 0) is 6.61 Å². The Morgan fingerprint density at radius 2 is 1.74 bits per heavy atom. The third-order valence-corrected chi connectivity index (χ3v) is 5.01. The summed E-state index contributed by atoms with van der Waals surface area (Å²) in [5.74, 6) is 0.675. The van der Waals surface area contributed by atoms with Crippen molar-refractivity contribution in [2.75, 3.05) is 13.7 Å². The van der Waals surface area contributed by atoms with E-state index in [9.17, 15) is 9.59 Å². The Morgan fingerprint density at radius 3 is 2.45 bits per heavy atom. The molecule has 2 amide bonds. The van der Waals surface area contributed by atoms with E-state index in [1.54, 1.807) is 17.5 Å². The van der Waals surface area contributed by atoms with Crippen LogP contribution in [-0.4, -0.2) is 30.5 Å². The summed E-state index contributed by atoms with van der Waals surface area (Å²) >= 11 is 1.30. The van der Waals surface area contributed by atoms with Crippen LogP contribution in [0.5, 0.6) is 17.2 Å². The first-order valence-corrected chi connectivity index (χ1v) is 10.4. The standard InChI is InChI=1S/C22H23N3O5S/c1-4-29-18-10-7-15(11-19(18)28-3)21(26)24-25-22(27)17-13-31-20(23-17)12-30-16-8-5-14(2)6-9-16/h5-11,13H,4,12H2,1-3H3,(H,24,26)(H,25,27). The number of benzene rings is 2. The van der Waals surface area contributed by atoms with Crippen molar-refractivity contribution >= 4 is 23.2 Å². The summed E-state index contributed by atoms with van der Waals surface area (Å²) in [5, 5.41) is 2.25. The van der Waals surface area contributed by atoms with Gasteiger partial charge in [0.05, 0.1) is 13.7 Å². The number of methoxy groups -OCH3 is 1. The maximum atomic E-state index is 12.3. The molecule has 162 valence electrons. The summed E-state index contributed by atoms with van der Waals surface area (Å²) in [6.45, 7) is 4.58. The lowest BCUT2D eigenvalue weighted by atomic mass is 10.2. The van der Waals surface area contributed by atoms with Gasteiger partial charge in [0, 0.05) is 10.9 Å². The number of nitrogens with zero attached hydrogens (tertiary/aromatic N) is 1. The molecule has 1 aromatic heterocycles. The Labute approximate surface area is 184 Å². The molecule has 1 heterocycles. The highest BCUT2D eigenvalue weighted by Gasteiger charge is 2.15. The van der Waals surface area contributed by atoms with Crippen LogP contribution >= 0.6 is 11.3 Å². The van der Waals surface area contributed by atoms with Crippen LogP contribution in [0.4, 0.5) is 0 Å². The zero-order valence-electron chi connectivity index (χ0n) is 17.4. The van der Waals surface area contributed by atoms with Gasteiger partial charge in [-0.3, -0.25) is 20.4 Å².